The maximum absolute atomic E-state index is 12.8. The van der Waals surface area contributed by atoms with Gasteiger partial charge in [-0.15, -0.1) is 0 Å². The minimum absolute atomic E-state index is 0.0608. The first kappa shape index (κ1) is 50.1. The van der Waals surface area contributed by atoms with Crippen LogP contribution in [-0.4, -0.2) is 142 Å². The van der Waals surface area contributed by atoms with Gasteiger partial charge in [-0.3, -0.25) is 9.59 Å². The molecule has 0 bridgehead atoms. The minimum Gasteiger partial charge on any atom is -0.462 e. The summed E-state index contributed by atoms with van der Waals surface area (Å²) in [4.78, 5) is 25.3. The number of rotatable bonds is 30. The Morgan fingerprint density at radius 1 is 0.571 bits per heavy atom. The van der Waals surface area contributed by atoms with E-state index in [1.54, 1.807) is 0 Å². The van der Waals surface area contributed by atoms with E-state index in [-0.39, 0.29) is 19.4 Å². The van der Waals surface area contributed by atoms with Crippen molar-refractivity contribution in [3.8, 4) is 0 Å². The first-order valence-electron chi connectivity index (χ1n) is 20.9. The molecule has 0 radical (unpaired) electrons. The number of ether oxygens (including phenoxy) is 6. The standard InChI is InChI=1S/C41H72O15/c1-3-5-7-9-11-12-13-14-15-16-18-20-22-24-33(44)54-29(26-51-32(43)23-21-19-17-10-8-6-4-2)27-52-40-39(50)37(48)35(46)31(56-40)28-53-41-38(49)36(47)34(45)30(25-42)55-41/h14-15,18,20,29-31,34-42,45-50H,3-13,16-17,19,21-28H2,1-2H3/b15-14+,20-18+/t29?,30-,31-,34+,35+,36?,37?,38?,39?,40-,41-/m1/s1. The van der Waals surface area contributed by atoms with Gasteiger partial charge in [0.25, 0.3) is 0 Å². The first-order valence-corrected chi connectivity index (χ1v) is 20.9. The molecule has 2 heterocycles. The number of aliphatic hydroxyl groups is 7. The lowest BCUT2D eigenvalue weighted by Gasteiger charge is -2.42. The summed E-state index contributed by atoms with van der Waals surface area (Å²) in [6, 6.07) is 0. The molecular formula is C41H72O15. The highest BCUT2D eigenvalue weighted by Gasteiger charge is 2.47. The molecule has 2 rings (SSSR count). The van der Waals surface area contributed by atoms with Gasteiger partial charge >= 0.3 is 11.9 Å². The molecule has 2 saturated heterocycles. The van der Waals surface area contributed by atoms with Crippen LogP contribution in [0.3, 0.4) is 0 Å². The van der Waals surface area contributed by atoms with Crippen molar-refractivity contribution in [1.82, 2.24) is 0 Å². The monoisotopic (exact) mass is 804 g/mol. The van der Waals surface area contributed by atoms with Crippen LogP contribution in [0.1, 0.15) is 129 Å². The highest BCUT2D eigenvalue weighted by Crippen LogP contribution is 2.26. The van der Waals surface area contributed by atoms with Crippen LogP contribution in [0.25, 0.3) is 0 Å². The quantitative estimate of drug-likeness (QED) is 0.0314. The summed E-state index contributed by atoms with van der Waals surface area (Å²) >= 11 is 0. The second-order valence-corrected chi connectivity index (χ2v) is 14.8. The highest BCUT2D eigenvalue weighted by molar-refractivity contribution is 5.70. The zero-order chi connectivity index (χ0) is 41.1. The van der Waals surface area contributed by atoms with Crippen LogP contribution >= 0.6 is 0 Å². The van der Waals surface area contributed by atoms with E-state index in [2.05, 4.69) is 26.0 Å². The number of hydrogen-bond acceptors (Lipinski definition) is 15. The minimum atomic E-state index is -1.77. The van der Waals surface area contributed by atoms with E-state index in [0.717, 1.165) is 38.5 Å². The van der Waals surface area contributed by atoms with Crippen molar-refractivity contribution in [1.29, 1.82) is 0 Å². The molecule has 15 nitrogen and oxygen atoms in total. The van der Waals surface area contributed by atoms with Crippen LogP contribution in [0.4, 0.5) is 0 Å². The number of allylic oxidation sites excluding steroid dienone is 4. The summed E-state index contributed by atoms with van der Waals surface area (Å²) < 4.78 is 33.2. The smallest absolute Gasteiger partial charge is 0.306 e. The molecule has 15 heteroatoms. The topological polar surface area (TPSA) is 231 Å². The second kappa shape index (κ2) is 30.1. The molecule has 2 fully saturated rings. The van der Waals surface area contributed by atoms with E-state index >= 15 is 0 Å². The fourth-order valence-electron chi connectivity index (χ4n) is 6.38. The van der Waals surface area contributed by atoms with Gasteiger partial charge in [0.05, 0.1) is 19.8 Å². The van der Waals surface area contributed by atoms with Crippen molar-refractivity contribution in [3.05, 3.63) is 24.3 Å². The molecule has 7 N–H and O–H groups in total. The second-order valence-electron chi connectivity index (χ2n) is 14.8. The van der Waals surface area contributed by atoms with Gasteiger partial charge in [0.15, 0.2) is 18.7 Å². The predicted octanol–water partition coefficient (Wildman–Crippen LogP) is 3.26. The molecule has 0 aromatic carbocycles. The van der Waals surface area contributed by atoms with Gasteiger partial charge in [0.2, 0.25) is 0 Å². The molecule has 0 aromatic heterocycles. The third-order valence-corrected chi connectivity index (χ3v) is 9.95. The maximum Gasteiger partial charge on any atom is 0.306 e. The van der Waals surface area contributed by atoms with Crippen molar-refractivity contribution in [2.24, 2.45) is 0 Å². The number of carbonyl (C=O) groups excluding carboxylic acids is 2. The molecule has 0 aromatic rings. The maximum atomic E-state index is 12.8. The number of esters is 2. The lowest BCUT2D eigenvalue weighted by molar-refractivity contribution is -0.332. The van der Waals surface area contributed by atoms with Gasteiger partial charge in [-0.2, -0.15) is 0 Å². The summed E-state index contributed by atoms with van der Waals surface area (Å²) in [5.41, 5.74) is 0. The van der Waals surface area contributed by atoms with E-state index < -0.39 is 99.3 Å². The molecule has 0 amide bonds. The molecule has 2 aliphatic rings. The Kier molecular flexibility index (Phi) is 26.9. The zero-order valence-electron chi connectivity index (χ0n) is 33.6. The number of unbranched alkanes of at least 4 members (excludes halogenated alkanes) is 12. The Morgan fingerprint density at radius 2 is 1.11 bits per heavy atom. The lowest BCUT2D eigenvalue weighted by Crippen LogP contribution is -2.61. The molecule has 0 saturated carbocycles. The van der Waals surface area contributed by atoms with Crippen molar-refractivity contribution in [3.63, 3.8) is 0 Å². The third-order valence-electron chi connectivity index (χ3n) is 9.95. The van der Waals surface area contributed by atoms with E-state index in [0.29, 0.717) is 12.8 Å². The molecule has 11 atom stereocenters. The molecule has 56 heavy (non-hydrogen) atoms. The summed E-state index contributed by atoms with van der Waals surface area (Å²) in [6.07, 6.45) is 8.49. The normalized spacial score (nSPS) is 28.9. The van der Waals surface area contributed by atoms with Gasteiger partial charge in [-0.1, -0.05) is 109 Å². The largest absolute Gasteiger partial charge is 0.462 e. The zero-order valence-corrected chi connectivity index (χ0v) is 33.6. The SMILES string of the molecule is CCCCCCCC/C=C/C/C=C/CCC(=O)OC(COC(=O)CCCCCCCCC)CO[C@@H]1O[C@H](CO[C@@H]2O[C@H](CO)[C@H](O)C(O)C2O)[C@H](O)C(O)C1O. The Bertz CT molecular complexity index is 1090. The van der Waals surface area contributed by atoms with Crippen LogP contribution in [-0.2, 0) is 38.0 Å². The van der Waals surface area contributed by atoms with Crippen molar-refractivity contribution < 1.29 is 73.8 Å². The van der Waals surface area contributed by atoms with Crippen molar-refractivity contribution >= 4 is 11.9 Å². The van der Waals surface area contributed by atoms with Gasteiger partial charge in [-0.25, -0.2) is 0 Å². The fraction of sp³-hybridized carbons (Fsp3) is 0.854. The molecular weight excluding hydrogens is 732 g/mol. The number of hydrogen-bond donors (Lipinski definition) is 7. The average molecular weight is 805 g/mol. The summed E-state index contributed by atoms with van der Waals surface area (Å²) in [5.74, 6) is -1.01. The lowest BCUT2D eigenvalue weighted by atomic mass is 9.98. The molecule has 5 unspecified atom stereocenters. The number of carbonyl (C=O) groups is 2. The third kappa shape index (κ3) is 19.6. The first-order chi connectivity index (χ1) is 27.0. The van der Waals surface area contributed by atoms with Crippen LogP contribution < -0.4 is 0 Å². The highest BCUT2D eigenvalue weighted by atomic mass is 16.7. The number of aliphatic hydroxyl groups excluding tert-OH is 7. The van der Waals surface area contributed by atoms with Crippen LogP contribution in [0.15, 0.2) is 24.3 Å². The van der Waals surface area contributed by atoms with E-state index in [4.69, 9.17) is 28.4 Å². The average Bonchev–Trinajstić information content (AvgIpc) is 3.19. The molecule has 0 spiro atoms. The molecule has 326 valence electrons. The van der Waals surface area contributed by atoms with E-state index in [1.165, 1.54) is 51.4 Å². The van der Waals surface area contributed by atoms with Crippen LogP contribution in [0.2, 0.25) is 0 Å². The Morgan fingerprint density at radius 3 is 1.73 bits per heavy atom. The van der Waals surface area contributed by atoms with E-state index in [9.17, 15) is 45.3 Å². The molecule has 0 aliphatic carbocycles. The fourth-order valence-corrected chi connectivity index (χ4v) is 6.38. The summed E-state index contributed by atoms with van der Waals surface area (Å²) in [5, 5.41) is 71.6. The van der Waals surface area contributed by atoms with Crippen LogP contribution in [0.5, 0.6) is 0 Å². The van der Waals surface area contributed by atoms with Gasteiger partial charge < -0.3 is 64.2 Å². The molecule has 2 aliphatic heterocycles. The Hall–Kier alpha value is -2.02. The summed E-state index contributed by atoms with van der Waals surface area (Å²) in [6.45, 7) is 2.43. The van der Waals surface area contributed by atoms with Crippen molar-refractivity contribution in [2.45, 2.75) is 197 Å². The van der Waals surface area contributed by atoms with Crippen LogP contribution in [0, 0.1) is 0 Å². The van der Waals surface area contributed by atoms with E-state index in [1.807, 2.05) is 12.2 Å². The van der Waals surface area contributed by atoms with Gasteiger partial charge in [0, 0.05) is 12.8 Å². The Balaban J connectivity index is 1.91. The van der Waals surface area contributed by atoms with Crippen molar-refractivity contribution in [2.75, 3.05) is 26.4 Å². The van der Waals surface area contributed by atoms with Gasteiger partial charge in [-0.05, 0) is 32.1 Å². The Labute approximate surface area is 333 Å². The predicted molar refractivity (Wildman–Crippen MR) is 206 cm³/mol. The summed E-state index contributed by atoms with van der Waals surface area (Å²) in [7, 11) is 0. The van der Waals surface area contributed by atoms with Gasteiger partial charge in [0.1, 0.15) is 55.4 Å².